The highest BCUT2D eigenvalue weighted by Crippen LogP contribution is 2.34. The van der Waals surface area contributed by atoms with Gasteiger partial charge in [0, 0.05) is 71.4 Å². The standard InChI is InChI=1S/C20H23F3N2O3.C18H19F3N2O2/c1-14-3-5-17(18(11-14)27-13-26-2)28-16-7-9-25(10-8-16)19-6-4-15(12-24-19)20(21,22)23;1-12-2-4-16(15(24)10-12)25-14-6-8-23(9-7-14)17-5-3-13(11-22-17)18(19,20)21/h3-6,11-12,16H,7-10,13H2,1-2H3;2-5,10-11,14,24H,6-9H2,1H3. The molecular weight excluding hydrogens is 706 g/mol. The van der Waals surface area contributed by atoms with E-state index in [2.05, 4.69) is 9.97 Å². The molecule has 4 heterocycles. The Kier molecular flexibility index (Phi) is 12.8. The van der Waals surface area contributed by atoms with Crippen LogP contribution in [0.5, 0.6) is 23.0 Å². The molecule has 4 aromatic rings. The van der Waals surface area contributed by atoms with Gasteiger partial charge in [-0.2, -0.15) is 26.3 Å². The first-order chi connectivity index (χ1) is 25.2. The van der Waals surface area contributed by atoms with Gasteiger partial charge in [0.25, 0.3) is 0 Å². The highest BCUT2D eigenvalue weighted by atomic mass is 19.4. The van der Waals surface area contributed by atoms with E-state index in [1.165, 1.54) is 12.1 Å². The monoisotopic (exact) mass is 748 g/mol. The second-order valence-corrected chi connectivity index (χ2v) is 12.9. The molecule has 6 rings (SSSR count). The molecule has 2 saturated heterocycles. The number of aromatic hydroxyl groups is 1. The number of methoxy groups -OCH3 is 1. The van der Waals surface area contributed by atoms with E-state index in [9.17, 15) is 31.4 Å². The lowest BCUT2D eigenvalue weighted by Crippen LogP contribution is -2.38. The largest absolute Gasteiger partial charge is 0.504 e. The van der Waals surface area contributed by atoms with Crippen LogP contribution in [-0.2, 0) is 17.1 Å². The van der Waals surface area contributed by atoms with Crippen LogP contribution in [-0.4, -0.2) is 67.4 Å². The highest BCUT2D eigenvalue weighted by Gasteiger charge is 2.32. The summed E-state index contributed by atoms with van der Waals surface area (Å²) in [4.78, 5) is 11.8. The molecule has 0 spiro atoms. The molecule has 286 valence electrons. The molecule has 53 heavy (non-hydrogen) atoms. The van der Waals surface area contributed by atoms with Crippen LogP contribution >= 0.6 is 0 Å². The Labute approximate surface area is 304 Å². The van der Waals surface area contributed by atoms with Gasteiger partial charge in [0.05, 0.1) is 11.1 Å². The number of phenols is 1. The van der Waals surface area contributed by atoms with E-state index in [1.54, 1.807) is 19.2 Å². The third-order valence-electron chi connectivity index (χ3n) is 8.82. The van der Waals surface area contributed by atoms with Gasteiger partial charge in [-0.1, -0.05) is 12.1 Å². The molecule has 2 aromatic carbocycles. The average Bonchev–Trinajstić information content (AvgIpc) is 3.13. The molecular formula is C38H42F6N4O5. The molecule has 2 fully saturated rings. The van der Waals surface area contributed by atoms with E-state index in [0.29, 0.717) is 67.9 Å². The van der Waals surface area contributed by atoms with Gasteiger partial charge in [-0.3, -0.25) is 0 Å². The van der Waals surface area contributed by atoms with Gasteiger partial charge < -0.3 is 33.9 Å². The first kappa shape index (κ1) is 39.3. The van der Waals surface area contributed by atoms with Crippen LogP contribution in [0.3, 0.4) is 0 Å². The van der Waals surface area contributed by atoms with Crippen molar-refractivity contribution in [1.29, 1.82) is 0 Å². The van der Waals surface area contributed by atoms with Crippen molar-refractivity contribution in [3.8, 4) is 23.0 Å². The number of aryl methyl sites for hydroxylation is 2. The van der Waals surface area contributed by atoms with Crippen molar-refractivity contribution in [3.63, 3.8) is 0 Å². The second-order valence-electron chi connectivity index (χ2n) is 12.9. The van der Waals surface area contributed by atoms with Crippen LogP contribution in [0.15, 0.2) is 73.1 Å². The van der Waals surface area contributed by atoms with Crippen LogP contribution < -0.4 is 24.0 Å². The maximum atomic E-state index is 12.7. The van der Waals surface area contributed by atoms with Crippen molar-refractivity contribution in [2.24, 2.45) is 0 Å². The van der Waals surface area contributed by atoms with Crippen LogP contribution in [0.4, 0.5) is 38.0 Å². The Balaban J connectivity index is 0.000000206. The molecule has 0 unspecified atom stereocenters. The molecule has 0 atom stereocenters. The molecule has 9 nitrogen and oxygen atoms in total. The molecule has 2 aromatic heterocycles. The summed E-state index contributed by atoms with van der Waals surface area (Å²) >= 11 is 0. The maximum Gasteiger partial charge on any atom is 0.417 e. The zero-order valence-electron chi connectivity index (χ0n) is 29.6. The second kappa shape index (κ2) is 17.3. The number of phenolic OH excluding ortho intramolecular Hbond substituents is 1. The third-order valence-corrected chi connectivity index (χ3v) is 8.82. The van der Waals surface area contributed by atoms with E-state index >= 15 is 0 Å². The Morgan fingerprint density at radius 3 is 1.51 bits per heavy atom. The van der Waals surface area contributed by atoms with E-state index in [-0.39, 0.29) is 24.8 Å². The van der Waals surface area contributed by atoms with E-state index in [4.69, 9.17) is 18.9 Å². The minimum absolute atomic E-state index is 0.00157. The smallest absolute Gasteiger partial charge is 0.417 e. The summed E-state index contributed by atoms with van der Waals surface area (Å²) in [5, 5.41) is 9.91. The van der Waals surface area contributed by atoms with Gasteiger partial charge in [-0.05, 0) is 73.5 Å². The molecule has 0 amide bonds. The van der Waals surface area contributed by atoms with Gasteiger partial charge >= 0.3 is 12.4 Å². The summed E-state index contributed by atoms with van der Waals surface area (Å²) < 4.78 is 98.3. The zero-order chi connectivity index (χ0) is 38.2. The molecule has 2 aliphatic rings. The van der Waals surface area contributed by atoms with Crippen molar-refractivity contribution in [2.45, 2.75) is 64.1 Å². The number of nitrogens with zero attached hydrogens (tertiary/aromatic N) is 4. The summed E-state index contributed by atoms with van der Waals surface area (Å²) in [5.74, 6) is 2.95. The number of anilines is 2. The Morgan fingerprint density at radius 2 is 1.09 bits per heavy atom. The van der Waals surface area contributed by atoms with Crippen molar-refractivity contribution < 1.29 is 50.4 Å². The lowest BCUT2D eigenvalue weighted by Gasteiger charge is -2.33. The van der Waals surface area contributed by atoms with E-state index < -0.39 is 23.5 Å². The number of alkyl halides is 6. The fourth-order valence-corrected chi connectivity index (χ4v) is 5.92. The van der Waals surface area contributed by atoms with Gasteiger partial charge in [-0.15, -0.1) is 0 Å². The van der Waals surface area contributed by atoms with Crippen LogP contribution in [0.1, 0.15) is 47.9 Å². The lowest BCUT2D eigenvalue weighted by molar-refractivity contribution is -0.138. The van der Waals surface area contributed by atoms with E-state index in [0.717, 1.165) is 48.5 Å². The quantitative estimate of drug-likeness (QED) is 0.134. The number of ether oxygens (including phenoxy) is 4. The number of rotatable bonds is 9. The molecule has 0 radical (unpaired) electrons. The SMILES string of the molecule is COCOc1cc(C)ccc1OC1CCN(c2ccc(C(F)(F)F)cn2)CC1.Cc1ccc(OC2CCN(c3ccc(C(F)(F)F)cn3)CC2)c(O)c1. The molecule has 0 saturated carbocycles. The zero-order valence-corrected chi connectivity index (χ0v) is 29.6. The van der Waals surface area contributed by atoms with E-state index in [1.807, 2.05) is 47.9 Å². The fourth-order valence-electron chi connectivity index (χ4n) is 5.92. The van der Waals surface area contributed by atoms with Crippen molar-refractivity contribution in [2.75, 3.05) is 49.9 Å². The van der Waals surface area contributed by atoms with Gasteiger partial charge in [0.1, 0.15) is 23.8 Å². The number of hydrogen-bond acceptors (Lipinski definition) is 9. The third kappa shape index (κ3) is 11.0. The predicted octanol–water partition coefficient (Wildman–Crippen LogP) is 8.60. The summed E-state index contributed by atoms with van der Waals surface area (Å²) in [6, 6.07) is 15.9. The minimum Gasteiger partial charge on any atom is -0.504 e. The maximum absolute atomic E-state index is 12.7. The number of benzene rings is 2. The number of hydrogen-bond donors (Lipinski definition) is 1. The topological polar surface area (TPSA) is 89.4 Å². The number of pyridine rings is 2. The predicted molar refractivity (Wildman–Crippen MR) is 187 cm³/mol. The van der Waals surface area contributed by atoms with Gasteiger partial charge in [0.15, 0.2) is 29.8 Å². The first-order valence-corrected chi connectivity index (χ1v) is 17.1. The first-order valence-electron chi connectivity index (χ1n) is 17.1. The normalized spacial score (nSPS) is 15.8. The van der Waals surface area contributed by atoms with Crippen LogP contribution in [0.25, 0.3) is 0 Å². The lowest BCUT2D eigenvalue weighted by atomic mass is 10.1. The Bertz CT molecular complexity index is 1760. The molecule has 1 N–H and O–H groups in total. The number of aromatic nitrogens is 2. The number of halogens is 6. The van der Waals surface area contributed by atoms with Crippen molar-refractivity contribution >= 4 is 11.6 Å². The molecule has 0 aliphatic carbocycles. The van der Waals surface area contributed by atoms with Crippen LogP contribution in [0, 0.1) is 13.8 Å². The molecule has 2 aliphatic heterocycles. The summed E-state index contributed by atoms with van der Waals surface area (Å²) in [5.41, 5.74) is 0.524. The fraction of sp³-hybridized carbons (Fsp3) is 0.421. The minimum atomic E-state index is -4.37. The molecule has 0 bridgehead atoms. The van der Waals surface area contributed by atoms with Gasteiger partial charge in [0.2, 0.25) is 0 Å². The van der Waals surface area contributed by atoms with Crippen molar-refractivity contribution in [1.82, 2.24) is 9.97 Å². The van der Waals surface area contributed by atoms with Crippen molar-refractivity contribution in [3.05, 3.63) is 95.3 Å². The Hall–Kier alpha value is -4.92. The van der Waals surface area contributed by atoms with Gasteiger partial charge in [-0.25, -0.2) is 9.97 Å². The molecule has 15 heteroatoms. The number of piperidine rings is 2. The average molecular weight is 749 g/mol. The highest BCUT2D eigenvalue weighted by molar-refractivity contribution is 5.44. The Morgan fingerprint density at radius 1 is 0.642 bits per heavy atom. The van der Waals surface area contributed by atoms with Crippen LogP contribution in [0.2, 0.25) is 0 Å². The summed E-state index contributed by atoms with van der Waals surface area (Å²) in [6.45, 7) is 6.58. The summed E-state index contributed by atoms with van der Waals surface area (Å²) in [7, 11) is 1.56. The summed E-state index contributed by atoms with van der Waals surface area (Å²) in [6.07, 6.45) is -4.16.